The lowest BCUT2D eigenvalue weighted by molar-refractivity contribution is -0.132. The molecule has 0 bridgehead atoms. The molecule has 8 heteroatoms. The fourth-order valence-electron chi connectivity index (χ4n) is 2.61. The van der Waals surface area contributed by atoms with Crippen molar-refractivity contribution in [3.8, 4) is 5.75 Å². The number of halogens is 4. The van der Waals surface area contributed by atoms with Crippen molar-refractivity contribution in [2.45, 2.75) is 44.5 Å². The highest BCUT2D eigenvalue weighted by Gasteiger charge is 2.34. The van der Waals surface area contributed by atoms with E-state index in [0.29, 0.717) is 12.4 Å². The van der Waals surface area contributed by atoms with Gasteiger partial charge < -0.3 is 15.4 Å². The van der Waals surface area contributed by atoms with Gasteiger partial charge in [0.15, 0.2) is 5.96 Å². The van der Waals surface area contributed by atoms with Gasteiger partial charge in [-0.05, 0) is 19.9 Å². The minimum Gasteiger partial charge on any atom is -0.487 e. The van der Waals surface area contributed by atoms with E-state index in [4.69, 9.17) is 4.74 Å². The molecule has 1 aliphatic rings. The molecule has 0 aromatic heterocycles. The van der Waals surface area contributed by atoms with E-state index >= 15 is 0 Å². The van der Waals surface area contributed by atoms with E-state index in [1.165, 1.54) is 0 Å². The standard InChI is InChI=1S/C16H22F3N3O.HI/c1-15(2)10-12(11-6-4-5-7-13(11)23-15)22-14(20-3)21-9-8-16(17,18)19;/h4-7,12H,8-10H2,1-3H3,(H2,20,21,22);1H. The lowest BCUT2D eigenvalue weighted by atomic mass is 9.90. The summed E-state index contributed by atoms with van der Waals surface area (Å²) in [5, 5.41) is 5.90. The minimum absolute atomic E-state index is 0. The van der Waals surface area contributed by atoms with Crippen molar-refractivity contribution >= 4 is 29.9 Å². The fourth-order valence-corrected chi connectivity index (χ4v) is 2.61. The average molecular weight is 457 g/mol. The normalized spacial score (nSPS) is 19.6. The molecule has 0 amide bonds. The molecule has 1 aromatic carbocycles. The number of benzene rings is 1. The second-order valence-corrected chi connectivity index (χ2v) is 6.16. The van der Waals surface area contributed by atoms with E-state index in [2.05, 4.69) is 15.6 Å². The molecule has 0 fully saturated rings. The minimum atomic E-state index is -4.18. The van der Waals surface area contributed by atoms with Crippen molar-refractivity contribution in [3.05, 3.63) is 29.8 Å². The van der Waals surface area contributed by atoms with Crippen molar-refractivity contribution in [2.75, 3.05) is 13.6 Å². The number of fused-ring (bicyclic) bond motifs is 1. The van der Waals surface area contributed by atoms with Crippen molar-refractivity contribution in [2.24, 2.45) is 4.99 Å². The summed E-state index contributed by atoms with van der Waals surface area (Å²) in [7, 11) is 1.54. The van der Waals surface area contributed by atoms with Gasteiger partial charge in [0.25, 0.3) is 0 Å². The second-order valence-electron chi connectivity index (χ2n) is 6.16. The topological polar surface area (TPSA) is 45.7 Å². The van der Waals surface area contributed by atoms with Crippen LogP contribution < -0.4 is 15.4 Å². The van der Waals surface area contributed by atoms with E-state index in [0.717, 1.165) is 11.3 Å². The van der Waals surface area contributed by atoms with Gasteiger partial charge >= 0.3 is 6.18 Å². The van der Waals surface area contributed by atoms with Crippen LogP contribution in [0.5, 0.6) is 5.75 Å². The number of para-hydroxylation sites is 1. The maximum atomic E-state index is 12.3. The second kappa shape index (κ2) is 8.26. The zero-order chi connectivity index (χ0) is 17.1. The molecular formula is C16H23F3IN3O. The van der Waals surface area contributed by atoms with Crippen LogP contribution in [0.2, 0.25) is 0 Å². The smallest absolute Gasteiger partial charge is 0.390 e. The number of aliphatic imine (C=N–C) groups is 1. The van der Waals surface area contributed by atoms with Gasteiger partial charge in [0.1, 0.15) is 11.4 Å². The highest BCUT2D eigenvalue weighted by atomic mass is 127. The summed E-state index contributed by atoms with van der Waals surface area (Å²) in [5.74, 6) is 1.14. The lowest BCUT2D eigenvalue weighted by Crippen LogP contribution is -2.45. The molecule has 1 atom stereocenters. The van der Waals surface area contributed by atoms with Crippen LogP contribution >= 0.6 is 24.0 Å². The fraction of sp³-hybridized carbons (Fsp3) is 0.562. The number of ether oxygens (including phenoxy) is 1. The summed E-state index contributed by atoms with van der Waals surface area (Å²) < 4.78 is 42.7. The number of hydrogen-bond donors (Lipinski definition) is 2. The van der Waals surface area contributed by atoms with Crippen molar-refractivity contribution in [1.82, 2.24) is 10.6 Å². The van der Waals surface area contributed by atoms with E-state index in [-0.39, 0.29) is 42.2 Å². The Kier molecular flexibility index (Phi) is 7.18. The van der Waals surface area contributed by atoms with Crippen LogP contribution in [0.15, 0.2) is 29.3 Å². The van der Waals surface area contributed by atoms with Crippen molar-refractivity contribution in [1.29, 1.82) is 0 Å². The third-order valence-electron chi connectivity index (χ3n) is 3.61. The van der Waals surface area contributed by atoms with Gasteiger partial charge in [0.05, 0.1) is 12.5 Å². The van der Waals surface area contributed by atoms with Gasteiger partial charge in [-0.15, -0.1) is 24.0 Å². The number of nitrogens with zero attached hydrogens (tertiary/aromatic N) is 1. The third-order valence-corrected chi connectivity index (χ3v) is 3.61. The quantitative estimate of drug-likeness (QED) is 0.410. The van der Waals surface area contributed by atoms with Gasteiger partial charge in [0, 0.05) is 25.6 Å². The molecular weight excluding hydrogens is 434 g/mol. The molecule has 2 rings (SSSR count). The van der Waals surface area contributed by atoms with E-state index in [1.807, 2.05) is 38.1 Å². The highest BCUT2D eigenvalue weighted by Crippen LogP contribution is 2.39. The number of nitrogens with one attached hydrogen (secondary N) is 2. The van der Waals surface area contributed by atoms with Crippen LogP contribution in [0.25, 0.3) is 0 Å². The first-order valence-electron chi connectivity index (χ1n) is 7.52. The zero-order valence-corrected chi connectivity index (χ0v) is 16.2. The summed E-state index contributed by atoms with van der Waals surface area (Å²) in [6, 6.07) is 7.57. The molecule has 0 saturated carbocycles. The maximum Gasteiger partial charge on any atom is 0.390 e. The van der Waals surface area contributed by atoms with Gasteiger partial charge in [0.2, 0.25) is 0 Å². The van der Waals surface area contributed by atoms with Crippen molar-refractivity contribution in [3.63, 3.8) is 0 Å². The summed E-state index contributed by atoms with van der Waals surface area (Å²) >= 11 is 0. The largest absolute Gasteiger partial charge is 0.487 e. The molecule has 1 heterocycles. The highest BCUT2D eigenvalue weighted by molar-refractivity contribution is 14.0. The van der Waals surface area contributed by atoms with Crippen molar-refractivity contribution < 1.29 is 17.9 Å². The molecule has 2 N–H and O–H groups in total. The molecule has 0 spiro atoms. The van der Waals surface area contributed by atoms with Crippen LogP contribution in [0.4, 0.5) is 13.2 Å². The van der Waals surface area contributed by atoms with E-state index in [1.54, 1.807) is 7.05 Å². The maximum absolute atomic E-state index is 12.3. The van der Waals surface area contributed by atoms with Crippen LogP contribution in [0.3, 0.4) is 0 Å². The molecule has 4 nitrogen and oxygen atoms in total. The van der Waals surface area contributed by atoms with Gasteiger partial charge in [-0.1, -0.05) is 18.2 Å². The number of alkyl halides is 3. The number of rotatable bonds is 3. The number of hydrogen-bond acceptors (Lipinski definition) is 2. The Morgan fingerprint density at radius 1 is 1.33 bits per heavy atom. The lowest BCUT2D eigenvalue weighted by Gasteiger charge is -2.38. The van der Waals surface area contributed by atoms with Crippen LogP contribution in [-0.4, -0.2) is 31.3 Å². The first-order chi connectivity index (χ1) is 10.7. The molecule has 1 unspecified atom stereocenters. The Morgan fingerprint density at radius 3 is 2.62 bits per heavy atom. The Bertz CT molecular complexity index is 576. The Morgan fingerprint density at radius 2 is 2.00 bits per heavy atom. The van der Waals surface area contributed by atoms with E-state index in [9.17, 15) is 13.2 Å². The average Bonchev–Trinajstić information content (AvgIpc) is 2.43. The van der Waals surface area contributed by atoms with Crippen LogP contribution in [-0.2, 0) is 0 Å². The summed E-state index contributed by atoms with van der Waals surface area (Å²) in [6.07, 6.45) is -4.40. The molecule has 0 aliphatic carbocycles. The first-order valence-corrected chi connectivity index (χ1v) is 7.52. The third kappa shape index (κ3) is 6.03. The van der Waals surface area contributed by atoms with Gasteiger partial charge in [-0.25, -0.2) is 0 Å². The Labute approximate surface area is 157 Å². The molecule has 1 aromatic rings. The van der Waals surface area contributed by atoms with Gasteiger partial charge in [-0.3, -0.25) is 4.99 Å². The first kappa shape index (κ1) is 20.9. The Balaban J connectivity index is 0.00000288. The zero-order valence-electron chi connectivity index (χ0n) is 13.9. The molecule has 0 radical (unpaired) electrons. The van der Waals surface area contributed by atoms with E-state index < -0.39 is 12.6 Å². The predicted molar refractivity (Wildman–Crippen MR) is 99.1 cm³/mol. The predicted octanol–water partition coefficient (Wildman–Crippen LogP) is 4.02. The summed E-state index contributed by atoms with van der Waals surface area (Å²) in [6.45, 7) is 3.76. The molecule has 136 valence electrons. The SMILES string of the molecule is CN=C(NCCC(F)(F)F)NC1CC(C)(C)Oc2ccccc21.I. The molecule has 0 saturated heterocycles. The summed E-state index contributed by atoms with van der Waals surface area (Å²) in [5.41, 5.74) is 0.613. The molecule has 1 aliphatic heterocycles. The molecule has 24 heavy (non-hydrogen) atoms. The Hall–Kier alpha value is -1.19. The number of guanidine groups is 1. The summed E-state index contributed by atoms with van der Waals surface area (Å²) in [4.78, 5) is 4.01. The van der Waals surface area contributed by atoms with Crippen LogP contribution in [0, 0.1) is 0 Å². The van der Waals surface area contributed by atoms with Gasteiger partial charge in [-0.2, -0.15) is 13.2 Å². The monoisotopic (exact) mass is 457 g/mol. The van der Waals surface area contributed by atoms with Crippen LogP contribution in [0.1, 0.15) is 38.3 Å².